The second-order valence-corrected chi connectivity index (χ2v) is 4.77. The predicted octanol–water partition coefficient (Wildman–Crippen LogP) is 3.40. The molecule has 18 heavy (non-hydrogen) atoms. The monoisotopic (exact) mass is 313 g/mol. The number of aromatic nitrogens is 1. The topological polar surface area (TPSA) is 33.1 Å². The zero-order valence-electron chi connectivity index (χ0n) is 9.28. The third kappa shape index (κ3) is 2.91. The first-order valence-corrected chi connectivity index (χ1v) is 6.08. The van der Waals surface area contributed by atoms with Gasteiger partial charge in [-0.15, -0.1) is 0 Å². The van der Waals surface area contributed by atoms with Crippen molar-refractivity contribution in [3.8, 4) is 0 Å². The van der Waals surface area contributed by atoms with Gasteiger partial charge in [-0.25, -0.2) is 8.78 Å². The molecule has 2 rings (SSSR count). The molecule has 0 spiro atoms. The molecule has 0 saturated carbocycles. The largest absolute Gasteiger partial charge is 0.388 e. The van der Waals surface area contributed by atoms with E-state index >= 15 is 0 Å². The first-order chi connectivity index (χ1) is 8.58. The fourth-order valence-electron chi connectivity index (χ4n) is 1.72. The van der Waals surface area contributed by atoms with Gasteiger partial charge in [0.25, 0.3) is 0 Å². The molecule has 0 saturated heterocycles. The molecule has 0 radical (unpaired) electrons. The van der Waals surface area contributed by atoms with Crippen LogP contribution in [0.2, 0.25) is 0 Å². The molecule has 1 unspecified atom stereocenters. The van der Waals surface area contributed by atoms with Gasteiger partial charge in [0.15, 0.2) is 0 Å². The molecule has 5 heteroatoms. The highest BCUT2D eigenvalue weighted by Crippen LogP contribution is 2.26. The average molecular weight is 314 g/mol. The SMILES string of the molecule is OC(Cc1ccncc1)c1c(F)cc(Br)cc1F. The summed E-state index contributed by atoms with van der Waals surface area (Å²) in [5.41, 5.74) is 0.453. The molecule has 1 heterocycles. The lowest BCUT2D eigenvalue weighted by molar-refractivity contribution is 0.168. The first-order valence-electron chi connectivity index (χ1n) is 5.29. The van der Waals surface area contributed by atoms with Crippen molar-refractivity contribution >= 4 is 15.9 Å². The van der Waals surface area contributed by atoms with E-state index in [1.165, 1.54) is 0 Å². The lowest BCUT2D eigenvalue weighted by Gasteiger charge is -2.13. The van der Waals surface area contributed by atoms with Crippen molar-refractivity contribution in [3.05, 3.63) is 63.9 Å². The number of hydrogen-bond acceptors (Lipinski definition) is 2. The standard InChI is InChI=1S/C13H10BrF2NO/c14-9-6-10(15)13(11(16)7-9)12(18)5-8-1-3-17-4-2-8/h1-4,6-7,12,18H,5H2. The van der Waals surface area contributed by atoms with E-state index in [-0.39, 0.29) is 12.0 Å². The van der Waals surface area contributed by atoms with Gasteiger partial charge >= 0.3 is 0 Å². The van der Waals surface area contributed by atoms with Gasteiger partial charge < -0.3 is 5.11 Å². The fraction of sp³-hybridized carbons (Fsp3) is 0.154. The molecular weight excluding hydrogens is 304 g/mol. The van der Waals surface area contributed by atoms with E-state index in [0.29, 0.717) is 4.47 Å². The van der Waals surface area contributed by atoms with E-state index in [4.69, 9.17) is 0 Å². The lowest BCUT2D eigenvalue weighted by Crippen LogP contribution is -2.07. The van der Waals surface area contributed by atoms with E-state index in [2.05, 4.69) is 20.9 Å². The molecule has 0 bridgehead atoms. The number of aliphatic hydroxyl groups excluding tert-OH is 1. The second kappa shape index (κ2) is 5.54. The molecule has 2 aromatic rings. The van der Waals surface area contributed by atoms with Crippen molar-refractivity contribution < 1.29 is 13.9 Å². The molecule has 1 aromatic carbocycles. The summed E-state index contributed by atoms with van der Waals surface area (Å²) in [5.74, 6) is -1.52. The molecule has 1 N–H and O–H groups in total. The van der Waals surface area contributed by atoms with Crippen LogP contribution in [0.25, 0.3) is 0 Å². The molecule has 0 amide bonds. The van der Waals surface area contributed by atoms with Crippen LogP contribution in [0.3, 0.4) is 0 Å². The molecular formula is C13H10BrF2NO. The summed E-state index contributed by atoms with van der Waals surface area (Å²) in [6.07, 6.45) is 2.05. The van der Waals surface area contributed by atoms with E-state index < -0.39 is 17.7 Å². The van der Waals surface area contributed by atoms with Crippen molar-refractivity contribution in [3.63, 3.8) is 0 Å². The minimum atomic E-state index is -1.22. The van der Waals surface area contributed by atoms with Crippen molar-refractivity contribution in [2.75, 3.05) is 0 Å². The highest BCUT2D eigenvalue weighted by Gasteiger charge is 2.19. The van der Waals surface area contributed by atoms with E-state index in [0.717, 1.165) is 17.7 Å². The Kier molecular flexibility index (Phi) is 4.04. The van der Waals surface area contributed by atoms with Gasteiger partial charge in [0.05, 0.1) is 11.7 Å². The Labute approximate surface area is 111 Å². The number of aliphatic hydroxyl groups is 1. The van der Waals surface area contributed by atoms with Gasteiger partial charge in [0.2, 0.25) is 0 Å². The number of halogens is 3. The summed E-state index contributed by atoms with van der Waals surface area (Å²) in [4.78, 5) is 3.84. The molecule has 1 atom stereocenters. The predicted molar refractivity (Wildman–Crippen MR) is 67.0 cm³/mol. The third-order valence-corrected chi connectivity index (χ3v) is 3.01. The van der Waals surface area contributed by atoms with Gasteiger partial charge in [-0.2, -0.15) is 0 Å². The quantitative estimate of drug-likeness (QED) is 0.942. The van der Waals surface area contributed by atoms with Crippen LogP contribution in [0.5, 0.6) is 0 Å². The van der Waals surface area contributed by atoms with Gasteiger partial charge in [-0.3, -0.25) is 4.98 Å². The maximum atomic E-state index is 13.6. The van der Waals surface area contributed by atoms with E-state index in [1.54, 1.807) is 24.5 Å². The van der Waals surface area contributed by atoms with Gasteiger partial charge in [-0.1, -0.05) is 15.9 Å². The van der Waals surface area contributed by atoms with Crippen molar-refractivity contribution in [2.24, 2.45) is 0 Å². The Morgan fingerprint density at radius 2 is 1.72 bits per heavy atom. The normalized spacial score (nSPS) is 12.4. The maximum absolute atomic E-state index is 13.6. The number of pyridine rings is 1. The minimum absolute atomic E-state index is 0.137. The number of hydrogen-bond donors (Lipinski definition) is 1. The van der Waals surface area contributed by atoms with Crippen molar-refractivity contribution in [1.29, 1.82) is 0 Å². The smallest absolute Gasteiger partial charge is 0.133 e. The van der Waals surface area contributed by atoms with Crippen LogP contribution in [0.1, 0.15) is 17.2 Å². The van der Waals surface area contributed by atoms with Crippen LogP contribution in [0.15, 0.2) is 41.1 Å². The molecule has 0 fully saturated rings. The van der Waals surface area contributed by atoms with Crippen LogP contribution >= 0.6 is 15.9 Å². The van der Waals surface area contributed by atoms with Crippen LogP contribution in [-0.4, -0.2) is 10.1 Å². The Balaban J connectivity index is 2.27. The molecule has 0 aliphatic carbocycles. The zero-order chi connectivity index (χ0) is 13.1. The Morgan fingerprint density at radius 1 is 1.17 bits per heavy atom. The average Bonchev–Trinajstić information content (AvgIpc) is 2.28. The number of benzene rings is 1. The van der Waals surface area contributed by atoms with Gasteiger partial charge in [0.1, 0.15) is 11.6 Å². The van der Waals surface area contributed by atoms with Crippen molar-refractivity contribution in [2.45, 2.75) is 12.5 Å². The molecule has 0 aliphatic rings. The maximum Gasteiger partial charge on any atom is 0.133 e. The third-order valence-electron chi connectivity index (χ3n) is 2.56. The summed E-state index contributed by atoms with van der Waals surface area (Å²) in [5, 5.41) is 9.91. The van der Waals surface area contributed by atoms with Crippen molar-refractivity contribution in [1.82, 2.24) is 4.98 Å². The Morgan fingerprint density at radius 3 is 2.28 bits per heavy atom. The summed E-state index contributed by atoms with van der Waals surface area (Å²) in [7, 11) is 0. The fourth-order valence-corrected chi connectivity index (χ4v) is 2.12. The van der Waals surface area contributed by atoms with Crippen LogP contribution < -0.4 is 0 Å². The highest BCUT2D eigenvalue weighted by molar-refractivity contribution is 9.10. The number of nitrogens with zero attached hydrogens (tertiary/aromatic N) is 1. The lowest BCUT2D eigenvalue weighted by atomic mass is 10.0. The molecule has 94 valence electrons. The summed E-state index contributed by atoms with van der Waals surface area (Å²) < 4.78 is 27.5. The highest BCUT2D eigenvalue weighted by atomic mass is 79.9. The summed E-state index contributed by atoms with van der Waals surface area (Å²) in [6, 6.07) is 5.65. The van der Waals surface area contributed by atoms with Crippen LogP contribution in [-0.2, 0) is 6.42 Å². The summed E-state index contributed by atoms with van der Waals surface area (Å²) in [6.45, 7) is 0. The van der Waals surface area contributed by atoms with E-state index in [1.807, 2.05) is 0 Å². The summed E-state index contributed by atoms with van der Waals surface area (Å²) >= 11 is 2.99. The zero-order valence-corrected chi connectivity index (χ0v) is 10.9. The van der Waals surface area contributed by atoms with Crippen LogP contribution in [0.4, 0.5) is 8.78 Å². The number of rotatable bonds is 3. The molecule has 1 aromatic heterocycles. The first kappa shape index (κ1) is 13.1. The van der Waals surface area contributed by atoms with E-state index in [9.17, 15) is 13.9 Å². The van der Waals surface area contributed by atoms with Gasteiger partial charge in [0, 0.05) is 23.3 Å². The Hall–Kier alpha value is -1.33. The van der Waals surface area contributed by atoms with Crippen LogP contribution in [0, 0.1) is 11.6 Å². The van der Waals surface area contributed by atoms with Gasteiger partial charge in [-0.05, 0) is 29.8 Å². The molecule has 0 aliphatic heterocycles. The Bertz CT molecular complexity index is 525. The second-order valence-electron chi connectivity index (χ2n) is 3.86. The minimum Gasteiger partial charge on any atom is -0.388 e. The molecule has 2 nitrogen and oxygen atoms in total.